The minimum Gasteiger partial charge on any atom is -0.305 e. The van der Waals surface area contributed by atoms with Crippen molar-refractivity contribution in [3.8, 4) is 6.07 Å². The molecule has 1 unspecified atom stereocenters. The minimum absolute atomic E-state index is 0.378. The average molecular weight is 257 g/mol. The molecule has 0 radical (unpaired) electrons. The molecule has 2 heterocycles. The molecule has 0 bridgehead atoms. The van der Waals surface area contributed by atoms with Crippen LogP contribution < -0.4 is 5.32 Å². The van der Waals surface area contributed by atoms with Crippen LogP contribution in [0.15, 0.2) is 35.8 Å². The lowest BCUT2D eigenvalue weighted by molar-refractivity contribution is 0.526. The number of nitrogens with zero attached hydrogens (tertiary/aromatic N) is 2. The molecule has 0 fully saturated rings. The Morgan fingerprint density at radius 1 is 1.50 bits per heavy atom. The summed E-state index contributed by atoms with van der Waals surface area (Å²) in [4.78, 5) is 5.32. The Morgan fingerprint density at radius 3 is 3.06 bits per heavy atom. The van der Waals surface area contributed by atoms with Gasteiger partial charge in [-0.15, -0.1) is 11.3 Å². The number of hydrogen-bond acceptors (Lipinski definition) is 4. The highest BCUT2D eigenvalue weighted by Gasteiger charge is 2.09. The molecule has 0 aromatic carbocycles. The van der Waals surface area contributed by atoms with Gasteiger partial charge >= 0.3 is 0 Å². The number of thiophene rings is 1. The van der Waals surface area contributed by atoms with Crippen LogP contribution in [0.4, 0.5) is 0 Å². The highest BCUT2D eigenvalue weighted by molar-refractivity contribution is 7.10. The lowest BCUT2D eigenvalue weighted by atomic mass is 10.1. The number of rotatable bonds is 5. The summed E-state index contributed by atoms with van der Waals surface area (Å²) in [5, 5.41) is 14.4. The van der Waals surface area contributed by atoms with Gasteiger partial charge in [0.2, 0.25) is 0 Å². The maximum absolute atomic E-state index is 8.80. The first-order chi connectivity index (χ1) is 8.83. The summed E-state index contributed by atoms with van der Waals surface area (Å²) in [6.45, 7) is 2.93. The number of nitriles is 1. The molecule has 4 heteroatoms. The van der Waals surface area contributed by atoms with Crippen molar-refractivity contribution in [3.05, 3.63) is 52.0 Å². The standard InChI is InChI=1S/C14H15N3S/c1-2-13(14-4-3-7-18-14)17-10-11-5-6-16-12(8-11)9-15/h3-8,13,17H,2,10H2,1H3. The van der Waals surface area contributed by atoms with E-state index in [1.807, 2.05) is 12.1 Å². The predicted octanol–water partition coefficient (Wildman–Crippen LogP) is 3.26. The van der Waals surface area contributed by atoms with Crippen molar-refractivity contribution >= 4 is 11.3 Å². The van der Waals surface area contributed by atoms with Crippen LogP contribution in [0.1, 0.15) is 35.5 Å². The predicted molar refractivity (Wildman–Crippen MR) is 73.1 cm³/mol. The van der Waals surface area contributed by atoms with Crippen LogP contribution in [-0.2, 0) is 6.54 Å². The van der Waals surface area contributed by atoms with E-state index in [9.17, 15) is 0 Å². The Bertz CT molecular complexity index is 528. The van der Waals surface area contributed by atoms with Crippen molar-refractivity contribution in [1.29, 1.82) is 5.26 Å². The molecular formula is C14H15N3S. The third kappa shape index (κ3) is 3.16. The van der Waals surface area contributed by atoms with Gasteiger partial charge in [0, 0.05) is 23.7 Å². The van der Waals surface area contributed by atoms with Gasteiger partial charge in [-0.1, -0.05) is 13.0 Å². The smallest absolute Gasteiger partial charge is 0.140 e. The fourth-order valence-corrected chi connectivity index (χ4v) is 2.71. The largest absolute Gasteiger partial charge is 0.305 e. The lowest BCUT2D eigenvalue weighted by Gasteiger charge is -2.15. The highest BCUT2D eigenvalue weighted by Crippen LogP contribution is 2.22. The first-order valence-corrected chi connectivity index (χ1v) is 6.83. The zero-order valence-electron chi connectivity index (χ0n) is 10.3. The summed E-state index contributed by atoms with van der Waals surface area (Å²) in [5.41, 5.74) is 1.56. The Hall–Kier alpha value is -1.70. The van der Waals surface area contributed by atoms with E-state index < -0.39 is 0 Å². The van der Waals surface area contributed by atoms with E-state index >= 15 is 0 Å². The summed E-state index contributed by atoms with van der Waals surface area (Å²) < 4.78 is 0. The van der Waals surface area contributed by atoms with Crippen molar-refractivity contribution in [2.75, 3.05) is 0 Å². The summed E-state index contributed by atoms with van der Waals surface area (Å²) >= 11 is 1.77. The Balaban J connectivity index is 2.00. The van der Waals surface area contributed by atoms with Crippen LogP contribution in [0.2, 0.25) is 0 Å². The molecule has 2 aromatic rings. The van der Waals surface area contributed by atoms with Crippen LogP contribution in [0.25, 0.3) is 0 Å². The number of aromatic nitrogens is 1. The molecule has 0 amide bonds. The molecule has 0 saturated carbocycles. The van der Waals surface area contributed by atoms with Crippen LogP contribution in [0.5, 0.6) is 0 Å². The molecule has 0 aliphatic heterocycles. The lowest BCUT2D eigenvalue weighted by Crippen LogP contribution is -2.19. The van der Waals surface area contributed by atoms with Crippen molar-refractivity contribution in [3.63, 3.8) is 0 Å². The van der Waals surface area contributed by atoms with Gasteiger partial charge in [-0.3, -0.25) is 0 Å². The summed E-state index contributed by atoms with van der Waals surface area (Å²) in [5.74, 6) is 0. The molecule has 1 N–H and O–H groups in total. The third-order valence-corrected chi connectivity index (χ3v) is 3.77. The minimum atomic E-state index is 0.378. The molecule has 2 aromatic heterocycles. The first-order valence-electron chi connectivity index (χ1n) is 5.95. The average Bonchev–Trinajstić information content (AvgIpc) is 2.94. The second kappa shape index (κ2) is 6.29. The van der Waals surface area contributed by atoms with Gasteiger partial charge in [-0.25, -0.2) is 4.98 Å². The normalized spacial score (nSPS) is 12.0. The molecule has 0 spiro atoms. The first kappa shape index (κ1) is 12.7. The van der Waals surface area contributed by atoms with Gasteiger partial charge in [0.25, 0.3) is 0 Å². The van der Waals surface area contributed by atoms with E-state index in [1.165, 1.54) is 4.88 Å². The fraction of sp³-hybridized carbons (Fsp3) is 0.286. The van der Waals surface area contributed by atoms with Gasteiger partial charge in [-0.2, -0.15) is 5.26 Å². The zero-order chi connectivity index (χ0) is 12.8. The Kier molecular flexibility index (Phi) is 4.46. The molecule has 18 heavy (non-hydrogen) atoms. The zero-order valence-corrected chi connectivity index (χ0v) is 11.1. The monoisotopic (exact) mass is 257 g/mol. The maximum Gasteiger partial charge on any atom is 0.140 e. The summed E-state index contributed by atoms with van der Waals surface area (Å²) in [6, 6.07) is 10.4. The Labute approximate surface area is 111 Å². The molecule has 0 aliphatic rings. The van der Waals surface area contributed by atoms with Gasteiger partial charge in [0.1, 0.15) is 11.8 Å². The van der Waals surface area contributed by atoms with Crippen molar-refractivity contribution in [2.24, 2.45) is 0 Å². The second-order valence-electron chi connectivity index (χ2n) is 4.02. The molecule has 2 rings (SSSR count). The van der Waals surface area contributed by atoms with Gasteiger partial charge in [-0.05, 0) is 35.6 Å². The van der Waals surface area contributed by atoms with Crippen LogP contribution in [0.3, 0.4) is 0 Å². The molecule has 0 aliphatic carbocycles. The SMILES string of the molecule is CCC(NCc1ccnc(C#N)c1)c1cccs1. The molecule has 92 valence electrons. The third-order valence-electron chi connectivity index (χ3n) is 2.79. The van der Waals surface area contributed by atoms with Crippen LogP contribution >= 0.6 is 11.3 Å². The van der Waals surface area contributed by atoms with E-state index in [2.05, 4.69) is 40.8 Å². The summed E-state index contributed by atoms with van der Waals surface area (Å²) in [6.07, 6.45) is 2.73. The van der Waals surface area contributed by atoms with E-state index in [0.29, 0.717) is 11.7 Å². The molecule has 1 atom stereocenters. The Morgan fingerprint density at radius 2 is 2.39 bits per heavy atom. The van der Waals surface area contributed by atoms with E-state index in [1.54, 1.807) is 17.5 Å². The van der Waals surface area contributed by atoms with Crippen molar-refractivity contribution in [2.45, 2.75) is 25.9 Å². The van der Waals surface area contributed by atoms with Gasteiger partial charge in [0.15, 0.2) is 0 Å². The topological polar surface area (TPSA) is 48.7 Å². The van der Waals surface area contributed by atoms with E-state index in [4.69, 9.17) is 5.26 Å². The van der Waals surface area contributed by atoms with Gasteiger partial charge < -0.3 is 5.32 Å². The second-order valence-corrected chi connectivity index (χ2v) is 5.00. The maximum atomic E-state index is 8.80. The number of hydrogen-bond donors (Lipinski definition) is 1. The quantitative estimate of drug-likeness (QED) is 0.894. The van der Waals surface area contributed by atoms with Gasteiger partial charge in [0.05, 0.1) is 0 Å². The van der Waals surface area contributed by atoms with Crippen LogP contribution in [-0.4, -0.2) is 4.98 Å². The fourth-order valence-electron chi connectivity index (χ4n) is 1.82. The van der Waals surface area contributed by atoms with Crippen LogP contribution in [0, 0.1) is 11.3 Å². The molecule has 0 saturated heterocycles. The van der Waals surface area contributed by atoms with Crippen molar-refractivity contribution in [1.82, 2.24) is 10.3 Å². The number of nitrogens with one attached hydrogen (secondary N) is 1. The summed E-state index contributed by atoms with van der Waals surface area (Å²) in [7, 11) is 0. The van der Waals surface area contributed by atoms with E-state index in [0.717, 1.165) is 18.5 Å². The highest BCUT2D eigenvalue weighted by atomic mass is 32.1. The van der Waals surface area contributed by atoms with E-state index in [-0.39, 0.29) is 0 Å². The van der Waals surface area contributed by atoms with Crippen molar-refractivity contribution < 1.29 is 0 Å². The number of pyridine rings is 1. The molecular weight excluding hydrogens is 242 g/mol. The molecule has 3 nitrogen and oxygen atoms in total.